The van der Waals surface area contributed by atoms with Gasteiger partial charge in [-0.3, -0.25) is 9.59 Å². The highest BCUT2D eigenvalue weighted by Gasteiger charge is 2.13. The van der Waals surface area contributed by atoms with Crippen LogP contribution in [0.2, 0.25) is 5.02 Å². The third-order valence-electron chi connectivity index (χ3n) is 3.92. The summed E-state index contributed by atoms with van der Waals surface area (Å²) in [6.07, 6.45) is 3.78. The number of hydrogen-bond acceptors (Lipinski definition) is 3. The summed E-state index contributed by atoms with van der Waals surface area (Å²) in [6.45, 7) is 2.14. The molecule has 1 unspecified atom stereocenters. The molecule has 0 saturated heterocycles. The standard InChI is InChI=1S/C21H23ClN2O3/c1-15(21(26)23-14-13-17-3-8-18(22)9-4-17)24-20(25)12-7-16-5-10-19(27-2)11-6-16/h3-12,15H,13-14H2,1-2H3,(H,23,26)(H,24,25)/b12-7+. The third-order valence-corrected chi connectivity index (χ3v) is 4.17. The second kappa shape index (κ2) is 10.4. The average molecular weight is 387 g/mol. The normalized spacial score (nSPS) is 11.8. The Hall–Kier alpha value is -2.79. The lowest BCUT2D eigenvalue weighted by molar-refractivity contribution is -0.126. The van der Waals surface area contributed by atoms with Crippen LogP contribution in [0.15, 0.2) is 54.6 Å². The van der Waals surface area contributed by atoms with Crippen LogP contribution < -0.4 is 15.4 Å². The Kier molecular flexibility index (Phi) is 7.89. The van der Waals surface area contributed by atoms with E-state index in [2.05, 4.69) is 10.6 Å². The molecule has 0 aromatic heterocycles. The Balaban J connectivity index is 1.74. The molecule has 0 radical (unpaired) electrons. The molecule has 2 aromatic carbocycles. The Morgan fingerprint density at radius 3 is 2.41 bits per heavy atom. The highest BCUT2D eigenvalue weighted by atomic mass is 35.5. The van der Waals surface area contributed by atoms with Crippen molar-refractivity contribution in [2.75, 3.05) is 13.7 Å². The van der Waals surface area contributed by atoms with Crippen LogP contribution in [0.4, 0.5) is 0 Å². The molecule has 0 spiro atoms. The number of halogens is 1. The lowest BCUT2D eigenvalue weighted by Gasteiger charge is -2.13. The first-order valence-corrected chi connectivity index (χ1v) is 9.00. The predicted molar refractivity (Wildman–Crippen MR) is 108 cm³/mol. The van der Waals surface area contributed by atoms with Gasteiger partial charge in [0.05, 0.1) is 7.11 Å². The molecule has 1 atom stereocenters. The zero-order valence-electron chi connectivity index (χ0n) is 15.4. The van der Waals surface area contributed by atoms with E-state index in [0.29, 0.717) is 18.0 Å². The molecule has 0 aliphatic carbocycles. The van der Waals surface area contributed by atoms with Crippen molar-refractivity contribution in [2.24, 2.45) is 0 Å². The molecule has 0 fully saturated rings. The van der Waals surface area contributed by atoms with Gasteiger partial charge in [-0.25, -0.2) is 0 Å². The number of nitrogens with one attached hydrogen (secondary N) is 2. The molecule has 0 bridgehead atoms. The fourth-order valence-corrected chi connectivity index (χ4v) is 2.47. The summed E-state index contributed by atoms with van der Waals surface area (Å²) in [5.41, 5.74) is 1.95. The molecule has 2 amide bonds. The number of amides is 2. The third kappa shape index (κ3) is 7.15. The topological polar surface area (TPSA) is 67.4 Å². The van der Waals surface area contributed by atoms with Gasteiger partial charge in [-0.1, -0.05) is 35.9 Å². The molecular weight excluding hydrogens is 364 g/mol. The van der Waals surface area contributed by atoms with Crippen LogP contribution in [-0.4, -0.2) is 31.5 Å². The number of ether oxygens (including phenoxy) is 1. The average Bonchev–Trinajstić information content (AvgIpc) is 2.68. The SMILES string of the molecule is COc1ccc(/C=C/C(=O)NC(C)C(=O)NCCc2ccc(Cl)cc2)cc1. The number of benzene rings is 2. The Morgan fingerprint density at radius 2 is 1.78 bits per heavy atom. The van der Waals surface area contributed by atoms with Crippen LogP contribution >= 0.6 is 11.6 Å². The van der Waals surface area contributed by atoms with Crippen LogP contribution in [0.25, 0.3) is 6.08 Å². The first-order chi connectivity index (χ1) is 13.0. The second-order valence-electron chi connectivity index (χ2n) is 6.00. The number of carbonyl (C=O) groups excluding carboxylic acids is 2. The zero-order chi connectivity index (χ0) is 19.6. The minimum Gasteiger partial charge on any atom is -0.497 e. The van der Waals surface area contributed by atoms with Crippen molar-refractivity contribution in [3.8, 4) is 5.75 Å². The molecule has 0 aliphatic rings. The number of hydrogen-bond donors (Lipinski definition) is 2. The van der Waals surface area contributed by atoms with Crippen LogP contribution in [-0.2, 0) is 16.0 Å². The lowest BCUT2D eigenvalue weighted by Crippen LogP contribution is -2.44. The van der Waals surface area contributed by atoms with Gasteiger partial charge >= 0.3 is 0 Å². The summed E-state index contributed by atoms with van der Waals surface area (Å²) in [6, 6.07) is 14.2. The van der Waals surface area contributed by atoms with Gasteiger partial charge in [0, 0.05) is 17.6 Å². The molecule has 0 saturated carbocycles. The summed E-state index contributed by atoms with van der Waals surface area (Å²) in [4.78, 5) is 24.0. The molecule has 0 aliphatic heterocycles. The van der Waals surface area contributed by atoms with E-state index in [-0.39, 0.29) is 11.8 Å². The molecule has 27 heavy (non-hydrogen) atoms. The van der Waals surface area contributed by atoms with E-state index in [1.165, 1.54) is 6.08 Å². The van der Waals surface area contributed by atoms with E-state index in [4.69, 9.17) is 16.3 Å². The van der Waals surface area contributed by atoms with Gasteiger partial charge in [0.15, 0.2) is 0 Å². The van der Waals surface area contributed by atoms with E-state index in [0.717, 1.165) is 16.9 Å². The summed E-state index contributed by atoms with van der Waals surface area (Å²) in [5.74, 6) is 0.196. The lowest BCUT2D eigenvalue weighted by atomic mass is 10.1. The number of methoxy groups -OCH3 is 1. The van der Waals surface area contributed by atoms with E-state index in [1.807, 2.05) is 48.5 Å². The van der Waals surface area contributed by atoms with Crippen LogP contribution in [0.1, 0.15) is 18.1 Å². The summed E-state index contributed by atoms with van der Waals surface area (Å²) < 4.78 is 5.09. The molecule has 0 heterocycles. The minimum absolute atomic E-state index is 0.227. The molecule has 6 heteroatoms. The van der Waals surface area contributed by atoms with Crippen molar-refractivity contribution in [1.29, 1.82) is 0 Å². The van der Waals surface area contributed by atoms with E-state index in [9.17, 15) is 9.59 Å². The smallest absolute Gasteiger partial charge is 0.244 e. The van der Waals surface area contributed by atoms with Crippen molar-refractivity contribution in [3.05, 3.63) is 70.8 Å². The fraction of sp³-hybridized carbons (Fsp3) is 0.238. The molecule has 142 valence electrons. The zero-order valence-corrected chi connectivity index (χ0v) is 16.1. The van der Waals surface area contributed by atoms with Gasteiger partial charge in [-0.2, -0.15) is 0 Å². The van der Waals surface area contributed by atoms with Crippen molar-refractivity contribution < 1.29 is 14.3 Å². The van der Waals surface area contributed by atoms with Crippen molar-refractivity contribution in [2.45, 2.75) is 19.4 Å². The quantitative estimate of drug-likeness (QED) is 0.684. The van der Waals surface area contributed by atoms with E-state index >= 15 is 0 Å². The molecule has 2 N–H and O–H groups in total. The van der Waals surface area contributed by atoms with Crippen LogP contribution in [0.3, 0.4) is 0 Å². The van der Waals surface area contributed by atoms with Crippen molar-refractivity contribution in [3.63, 3.8) is 0 Å². The van der Waals surface area contributed by atoms with Crippen LogP contribution in [0.5, 0.6) is 5.75 Å². The summed E-state index contributed by atoms with van der Waals surface area (Å²) >= 11 is 5.84. The van der Waals surface area contributed by atoms with Gasteiger partial charge in [0.25, 0.3) is 0 Å². The second-order valence-corrected chi connectivity index (χ2v) is 6.44. The van der Waals surface area contributed by atoms with E-state index in [1.54, 1.807) is 20.1 Å². The molecule has 2 aromatic rings. The summed E-state index contributed by atoms with van der Waals surface area (Å²) in [7, 11) is 1.60. The van der Waals surface area contributed by atoms with Gasteiger partial charge in [-0.05, 0) is 54.8 Å². The molecule has 5 nitrogen and oxygen atoms in total. The maximum atomic E-state index is 12.1. The fourth-order valence-electron chi connectivity index (χ4n) is 2.35. The molecular formula is C21H23ClN2O3. The Morgan fingerprint density at radius 1 is 1.11 bits per heavy atom. The van der Waals surface area contributed by atoms with Crippen molar-refractivity contribution >= 4 is 29.5 Å². The van der Waals surface area contributed by atoms with Gasteiger partial charge < -0.3 is 15.4 Å². The predicted octanol–water partition coefficient (Wildman–Crippen LogP) is 3.23. The minimum atomic E-state index is -0.622. The Labute approximate surface area is 164 Å². The number of rotatable bonds is 8. The Bertz CT molecular complexity index is 786. The van der Waals surface area contributed by atoms with Gasteiger partial charge in [0.1, 0.15) is 11.8 Å². The van der Waals surface area contributed by atoms with Crippen molar-refractivity contribution in [1.82, 2.24) is 10.6 Å². The maximum Gasteiger partial charge on any atom is 0.244 e. The maximum absolute atomic E-state index is 12.1. The number of carbonyl (C=O) groups is 2. The monoisotopic (exact) mass is 386 g/mol. The molecule has 2 rings (SSSR count). The highest BCUT2D eigenvalue weighted by Crippen LogP contribution is 2.12. The first kappa shape index (κ1) is 20.5. The summed E-state index contributed by atoms with van der Waals surface area (Å²) in [5, 5.41) is 6.14. The first-order valence-electron chi connectivity index (χ1n) is 8.62. The largest absolute Gasteiger partial charge is 0.497 e. The van der Waals surface area contributed by atoms with Crippen LogP contribution in [0, 0.1) is 0 Å². The van der Waals surface area contributed by atoms with E-state index < -0.39 is 6.04 Å². The highest BCUT2D eigenvalue weighted by molar-refractivity contribution is 6.30. The van der Waals surface area contributed by atoms with Gasteiger partial charge in [0.2, 0.25) is 11.8 Å². The van der Waals surface area contributed by atoms with Gasteiger partial charge in [-0.15, -0.1) is 0 Å².